The van der Waals surface area contributed by atoms with Crippen LogP contribution in [0.1, 0.15) is 5.56 Å². The van der Waals surface area contributed by atoms with Gasteiger partial charge in [0, 0.05) is 10.0 Å². The van der Waals surface area contributed by atoms with E-state index in [9.17, 15) is 13.2 Å². The van der Waals surface area contributed by atoms with Gasteiger partial charge in [-0.25, -0.2) is 8.42 Å². The lowest BCUT2D eigenvalue weighted by Gasteiger charge is -2.22. The van der Waals surface area contributed by atoms with Crippen LogP contribution in [0.15, 0.2) is 42.5 Å². The second-order valence-electron chi connectivity index (χ2n) is 5.86. The highest BCUT2D eigenvalue weighted by Crippen LogP contribution is 2.26. The molecule has 2 aromatic rings. The predicted molar refractivity (Wildman–Crippen MR) is 108 cm³/mol. The van der Waals surface area contributed by atoms with E-state index in [2.05, 4.69) is 5.32 Å². The number of halogens is 2. The summed E-state index contributed by atoms with van der Waals surface area (Å²) < 4.78 is 30.7. The summed E-state index contributed by atoms with van der Waals surface area (Å²) in [4.78, 5) is 12.2. The van der Waals surface area contributed by atoms with Crippen molar-refractivity contribution in [3.63, 3.8) is 0 Å². The first-order chi connectivity index (χ1) is 12.7. The molecule has 0 bridgehead atoms. The molecule has 0 aliphatic heterocycles. The Kier molecular flexibility index (Phi) is 7.35. The number of anilines is 1. The van der Waals surface area contributed by atoms with Gasteiger partial charge in [-0.3, -0.25) is 9.10 Å². The van der Waals surface area contributed by atoms with Crippen LogP contribution < -0.4 is 14.4 Å². The highest BCUT2D eigenvalue weighted by molar-refractivity contribution is 7.92. The Hall–Kier alpha value is -1.96. The first kappa shape index (κ1) is 21.3. The van der Waals surface area contributed by atoms with E-state index in [0.29, 0.717) is 0 Å². The molecule has 0 saturated heterocycles. The van der Waals surface area contributed by atoms with Crippen molar-refractivity contribution in [3.8, 4) is 5.75 Å². The fourth-order valence-electron chi connectivity index (χ4n) is 2.34. The number of nitrogens with zero attached hydrogens (tertiary/aromatic N) is 1. The molecule has 0 spiro atoms. The van der Waals surface area contributed by atoms with Crippen LogP contribution >= 0.6 is 23.2 Å². The second kappa shape index (κ2) is 9.30. The third-order valence-corrected chi connectivity index (χ3v) is 5.18. The molecule has 0 atom stereocenters. The lowest BCUT2D eigenvalue weighted by molar-refractivity contribution is -0.119. The van der Waals surface area contributed by atoms with Gasteiger partial charge >= 0.3 is 0 Å². The van der Waals surface area contributed by atoms with Crippen molar-refractivity contribution in [3.05, 3.63) is 58.1 Å². The number of nitrogens with one attached hydrogen (secondary N) is 1. The summed E-state index contributed by atoms with van der Waals surface area (Å²) in [7, 11) is -3.70. The summed E-state index contributed by atoms with van der Waals surface area (Å²) >= 11 is 11.9. The number of carbonyl (C=O) groups is 1. The summed E-state index contributed by atoms with van der Waals surface area (Å²) in [6.45, 7) is 2.04. The monoisotopic (exact) mass is 430 g/mol. The second-order valence-corrected chi connectivity index (χ2v) is 8.64. The maximum atomic E-state index is 12.2. The highest BCUT2D eigenvalue weighted by atomic mass is 35.5. The van der Waals surface area contributed by atoms with Gasteiger partial charge in [-0.15, -0.1) is 0 Å². The van der Waals surface area contributed by atoms with Gasteiger partial charge in [0.2, 0.25) is 15.9 Å². The molecule has 0 unspecified atom stereocenters. The number of ether oxygens (including phenoxy) is 1. The number of rotatable bonds is 8. The zero-order chi connectivity index (χ0) is 20.0. The van der Waals surface area contributed by atoms with E-state index in [4.69, 9.17) is 27.9 Å². The predicted octanol–water partition coefficient (Wildman–Crippen LogP) is 3.26. The smallest absolute Gasteiger partial charge is 0.240 e. The first-order valence-corrected chi connectivity index (χ1v) is 10.7. The minimum absolute atomic E-state index is 0.223. The van der Waals surface area contributed by atoms with Crippen LogP contribution in [0.4, 0.5) is 5.69 Å². The maximum absolute atomic E-state index is 12.2. The molecular weight excluding hydrogens is 411 g/mol. The van der Waals surface area contributed by atoms with Crippen LogP contribution in [0.3, 0.4) is 0 Å². The molecule has 2 aromatic carbocycles. The van der Waals surface area contributed by atoms with Gasteiger partial charge in [-0.1, -0.05) is 41.4 Å². The normalized spacial score (nSPS) is 11.1. The number of carbonyl (C=O) groups excluding carboxylic acids is 1. The van der Waals surface area contributed by atoms with E-state index in [1.165, 1.54) is 18.2 Å². The Morgan fingerprint density at radius 3 is 2.37 bits per heavy atom. The van der Waals surface area contributed by atoms with Gasteiger partial charge in [0.15, 0.2) is 0 Å². The molecule has 0 aliphatic carbocycles. The van der Waals surface area contributed by atoms with Crippen molar-refractivity contribution < 1.29 is 17.9 Å². The summed E-state index contributed by atoms with van der Waals surface area (Å²) in [6, 6.07) is 11.9. The van der Waals surface area contributed by atoms with E-state index >= 15 is 0 Å². The van der Waals surface area contributed by atoms with Crippen LogP contribution in [0.25, 0.3) is 0 Å². The molecule has 0 heterocycles. The van der Waals surface area contributed by atoms with Crippen LogP contribution in [-0.4, -0.2) is 40.3 Å². The van der Waals surface area contributed by atoms with Crippen molar-refractivity contribution in [1.82, 2.24) is 5.32 Å². The Balaban J connectivity index is 1.95. The third-order valence-electron chi connectivity index (χ3n) is 3.60. The molecule has 0 aromatic heterocycles. The number of aryl methyl sites for hydroxylation is 1. The van der Waals surface area contributed by atoms with E-state index in [0.717, 1.165) is 21.9 Å². The van der Waals surface area contributed by atoms with Gasteiger partial charge in [0.1, 0.15) is 18.9 Å². The fraction of sp³-hybridized carbons (Fsp3) is 0.278. The number of para-hydroxylation sites is 1. The number of amides is 1. The minimum Gasteiger partial charge on any atom is -0.491 e. The molecule has 0 radical (unpaired) electrons. The van der Waals surface area contributed by atoms with Crippen LogP contribution in [0.5, 0.6) is 5.75 Å². The molecule has 146 valence electrons. The van der Waals surface area contributed by atoms with Gasteiger partial charge in [0.25, 0.3) is 0 Å². The number of hydrogen-bond donors (Lipinski definition) is 1. The van der Waals surface area contributed by atoms with E-state index < -0.39 is 15.9 Å². The quantitative estimate of drug-likeness (QED) is 0.651. The molecule has 1 amide bonds. The van der Waals surface area contributed by atoms with Crippen molar-refractivity contribution >= 4 is 44.8 Å². The molecule has 0 saturated carbocycles. The molecule has 27 heavy (non-hydrogen) atoms. The summed E-state index contributed by atoms with van der Waals surface area (Å²) in [5.74, 6) is 0.267. The zero-order valence-corrected chi connectivity index (χ0v) is 17.2. The first-order valence-electron chi connectivity index (χ1n) is 8.06. The molecule has 1 N–H and O–H groups in total. The average molecular weight is 431 g/mol. The Morgan fingerprint density at radius 1 is 1.15 bits per heavy atom. The van der Waals surface area contributed by atoms with Gasteiger partial charge < -0.3 is 10.1 Å². The fourth-order valence-corrected chi connectivity index (χ4v) is 3.69. The molecule has 2 rings (SSSR count). The molecule has 9 heteroatoms. The van der Waals surface area contributed by atoms with E-state index in [-0.39, 0.29) is 35.4 Å². The Morgan fingerprint density at radius 2 is 1.78 bits per heavy atom. The summed E-state index contributed by atoms with van der Waals surface area (Å²) in [6.07, 6.45) is 1.01. The standard InChI is InChI=1S/C18H20Cl2N2O4S/c1-13-5-3-4-6-17(13)26-8-7-21-18(23)12-22(27(2,24)25)16-10-14(19)9-15(20)11-16/h3-6,9-11H,7-8,12H2,1-2H3,(H,21,23). The van der Waals surface area contributed by atoms with Crippen LogP contribution in [-0.2, 0) is 14.8 Å². The van der Waals surface area contributed by atoms with Gasteiger partial charge in [-0.2, -0.15) is 0 Å². The highest BCUT2D eigenvalue weighted by Gasteiger charge is 2.21. The van der Waals surface area contributed by atoms with Crippen LogP contribution in [0, 0.1) is 6.92 Å². The SMILES string of the molecule is Cc1ccccc1OCCNC(=O)CN(c1cc(Cl)cc(Cl)c1)S(C)(=O)=O. The zero-order valence-electron chi connectivity index (χ0n) is 14.9. The topological polar surface area (TPSA) is 75.7 Å². The summed E-state index contributed by atoms with van der Waals surface area (Å²) in [5.41, 5.74) is 1.21. The van der Waals surface area contributed by atoms with Gasteiger partial charge in [0.05, 0.1) is 18.5 Å². The number of sulfonamides is 1. The maximum Gasteiger partial charge on any atom is 0.240 e. The van der Waals surface area contributed by atoms with Crippen molar-refractivity contribution in [2.45, 2.75) is 6.92 Å². The average Bonchev–Trinajstić information content (AvgIpc) is 2.56. The van der Waals surface area contributed by atoms with Crippen molar-refractivity contribution in [2.24, 2.45) is 0 Å². The largest absolute Gasteiger partial charge is 0.491 e. The lowest BCUT2D eigenvalue weighted by atomic mass is 10.2. The minimum atomic E-state index is -3.70. The van der Waals surface area contributed by atoms with E-state index in [1.807, 2.05) is 31.2 Å². The Labute approximate surface area is 169 Å². The third kappa shape index (κ3) is 6.61. The molecule has 6 nitrogen and oxygen atoms in total. The van der Waals surface area contributed by atoms with Crippen LogP contribution in [0.2, 0.25) is 10.0 Å². The van der Waals surface area contributed by atoms with Gasteiger partial charge in [-0.05, 0) is 36.8 Å². The summed E-state index contributed by atoms with van der Waals surface area (Å²) in [5, 5.41) is 3.19. The number of benzene rings is 2. The molecule has 0 fully saturated rings. The van der Waals surface area contributed by atoms with Crippen molar-refractivity contribution in [1.29, 1.82) is 0 Å². The Bertz CT molecular complexity index is 899. The van der Waals surface area contributed by atoms with Crippen molar-refractivity contribution in [2.75, 3.05) is 30.3 Å². The molecular formula is C18H20Cl2N2O4S. The number of hydrogen-bond acceptors (Lipinski definition) is 4. The lowest BCUT2D eigenvalue weighted by Crippen LogP contribution is -2.41. The molecule has 0 aliphatic rings. The van der Waals surface area contributed by atoms with E-state index in [1.54, 1.807) is 0 Å².